The van der Waals surface area contributed by atoms with Crippen molar-refractivity contribution in [2.45, 2.75) is 6.61 Å². The van der Waals surface area contributed by atoms with E-state index in [0.717, 1.165) is 10.0 Å². The van der Waals surface area contributed by atoms with Crippen LogP contribution in [-0.2, 0) is 6.61 Å². The number of nitrogens with two attached hydrogens (primary N) is 1. The summed E-state index contributed by atoms with van der Waals surface area (Å²) in [6.07, 6.45) is 0. The largest absolute Gasteiger partial charge is 0.484 e. The van der Waals surface area contributed by atoms with E-state index in [1.165, 1.54) is 12.1 Å². The van der Waals surface area contributed by atoms with Gasteiger partial charge in [0.2, 0.25) is 0 Å². The zero-order chi connectivity index (χ0) is 13.1. The zero-order valence-electron chi connectivity index (χ0n) is 9.29. The van der Waals surface area contributed by atoms with Gasteiger partial charge in [-0.05, 0) is 34.1 Å². The maximum Gasteiger partial charge on any atom is 0.174 e. The Bertz CT molecular complexity index is 557. The minimum Gasteiger partial charge on any atom is -0.484 e. The molecule has 0 aliphatic heterocycles. The predicted octanol–water partition coefficient (Wildman–Crippen LogP) is 4.40. The summed E-state index contributed by atoms with van der Waals surface area (Å²) in [5.41, 5.74) is 7.18. The third kappa shape index (κ3) is 2.76. The van der Waals surface area contributed by atoms with E-state index in [0.29, 0.717) is 5.69 Å². The Morgan fingerprint density at radius 3 is 2.67 bits per heavy atom. The van der Waals surface area contributed by atoms with Gasteiger partial charge in [0.1, 0.15) is 6.61 Å². The molecule has 18 heavy (non-hydrogen) atoms. The Hall–Kier alpha value is -1.26. The Labute approximate surface area is 118 Å². The second-order valence-corrected chi connectivity index (χ2v) is 4.86. The van der Waals surface area contributed by atoms with E-state index in [1.54, 1.807) is 12.1 Å². The molecule has 2 aromatic rings. The highest BCUT2D eigenvalue weighted by atomic mass is 79.9. The zero-order valence-corrected chi connectivity index (χ0v) is 11.6. The van der Waals surface area contributed by atoms with Crippen LogP contribution in [0.3, 0.4) is 0 Å². The van der Waals surface area contributed by atoms with Crippen molar-refractivity contribution in [1.29, 1.82) is 0 Å². The monoisotopic (exact) mass is 329 g/mol. The molecule has 0 atom stereocenters. The van der Waals surface area contributed by atoms with Gasteiger partial charge >= 0.3 is 0 Å². The molecular weight excluding hydrogens is 321 g/mol. The van der Waals surface area contributed by atoms with Gasteiger partial charge in [-0.25, -0.2) is 4.39 Å². The highest BCUT2D eigenvalue weighted by Crippen LogP contribution is 2.30. The fraction of sp³-hybridized carbons (Fsp3) is 0.0769. The fourth-order valence-electron chi connectivity index (χ4n) is 1.48. The van der Waals surface area contributed by atoms with Gasteiger partial charge in [0.25, 0.3) is 0 Å². The Kier molecular flexibility index (Phi) is 4.09. The minimum absolute atomic E-state index is 0.0495. The lowest BCUT2D eigenvalue weighted by atomic mass is 10.2. The molecule has 0 bridgehead atoms. The van der Waals surface area contributed by atoms with E-state index in [4.69, 9.17) is 22.1 Å². The van der Waals surface area contributed by atoms with E-state index in [-0.39, 0.29) is 17.4 Å². The molecule has 0 saturated carbocycles. The summed E-state index contributed by atoms with van der Waals surface area (Å²) in [4.78, 5) is 0. The second-order valence-electron chi connectivity index (χ2n) is 3.66. The van der Waals surface area contributed by atoms with Crippen molar-refractivity contribution in [1.82, 2.24) is 0 Å². The Morgan fingerprint density at radius 1 is 1.22 bits per heavy atom. The van der Waals surface area contributed by atoms with Crippen LogP contribution >= 0.6 is 27.5 Å². The summed E-state index contributed by atoms with van der Waals surface area (Å²) < 4.78 is 19.6. The summed E-state index contributed by atoms with van der Waals surface area (Å²) in [5.74, 6) is -0.434. The van der Waals surface area contributed by atoms with Gasteiger partial charge in [0, 0.05) is 15.7 Å². The topological polar surface area (TPSA) is 35.2 Å². The van der Waals surface area contributed by atoms with Gasteiger partial charge in [0.15, 0.2) is 11.6 Å². The van der Waals surface area contributed by atoms with Gasteiger partial charge in [-0.2, -0.15) is 0 Å². The average molecular weight is 331 g/mol. The maximum absolute atomic E-state index is 13.5. The summed E-state index contributed by atoms with van der Waals surface area (Å²) in [6, 6.07) is 9.82. The van der Waals surface area contributed by atoms with E-state index >= 15 is 0 Å². The summed E-state index contributed by atoms with van der Waals surface area (Å²) in [6.45, 7) is 0.187. The number of halogens is 3. The molecule has 0 amide bonds. The van der Waals surface area contributed by atoms with Crippen LogP contribution in [0.1, 0.15) is 5.56 Å². The number of anilines is 1. The molecule has 0 fully saturated rings. The van der Waals surface area contributed by atoms with Crippen LogP contribution in [0.15, 0.2) is 40.9 Å². The quantitative estimate of drug-likeness (QED) is 0.846. The third-order valence-electron chi connectivity index (χ3n) is 2.40. The number of para-hydroxylation sites is 1. The number of hydrogen-bond donors (Lipinski definition) is 1. The van der Waals surface area contributed by atoms with Crippen molar-refractivity contribution in [2.75, 3.05) is 5.73 Å². The van der Waals surface area contributed by atoms with Crippen molar-refractivity contribution in [3.8, 4) is 5.75 Å². The number of rotatable bonds is 3. The molecule has 2 N–H and O–H groups in total. The van der Waals surface area contributed by atoms with E-state index in [1.807, 2.05) is 12.1 Å². The molecule has 2 aromatic carbocycles. The molecule has 0 saturated heterocycles. The molecule has 0 aliphatic rings. The molecule has 0 heterocycles. The highest BCUT2D eigenvalue weighted by Gasteiger charge is 2.10. The van der Waals surface area contributed by atoms with Crippen LogP contribution in [0.4, 0.5) is 10.1 Å². The molecular formula is C13H10BrClFNO. The summed E-state index contributed by atoms with van der Waals surface area (Å²) >= 11 is 9.22. The fourth-order valence-corrected chi connectivity index (χ4v) is 2.08. The number of benzene rings is 2. The maximum atomic E-state index is 13.5. The van der Waals surface area contributed by atoms with Crippen molar-refractivity contribution in [3.63, 3.8) is 0 Å². The molecule has 94 valence electrons. The average Bonchev–Trinajstić information content (AvgIpc) is 2.33. The lowest BCUT2D eigenvalue weighted by Crippen LogP contribution is -2.00. The van der Waals surface area contributed by atoms with Crippen molar-refractivity contribution in [2.24, 2.45) is 0 Å². The predicted molar refractivity (Wildman–Crippen MR) is 74.3 cm³/mol. The first kappa shape index (κ1) is 13.2. The minimum atomic E-state index is -0.484. The third-order valence-corrected chi connectivity index (χ3v) is 3.66. The molecule has 0 aliphatic carbocycles. The second kappa shape index (κ2) is 5.59. The first-order valence-electron chi connectivity index (χ1n) is 5.19. The normalized spacial score (nSPS) is 10.4. The van der Waals surface area contributed by atoms with E-state index in [2.05, 4.69) is 15.9 Å². The van der Waals surface area contributed by atoms with Crippen LogP contribution < -0.4 is 10.5 Å². The summed E-state index contributed by atoms with van der Waals surface area (Å²) in [7, 11) is 0. The molecule has 0 spiro atoms. The van der Waals surface area contributed by atoms with Crippen LogP contribution in [0.5, 0.6) is 5.75 Å². The lowest BCUT2D eigenvalue weighted by molar-refractivity contribution is 0.290. The van der Waals surface area contributed by atoms with Gasteiger partial charge < -0.3 is 10.5 Å². The number of ether oxygens (including phenoxy) is 1. The van der Waals surface area contributed by atoms with Gasteiger partial charge in [0.05, 0.1) is 5.02 Å². The van der Waals surface area contributed by atoms with E-state index in [9.17, 15) is 4.39 Å². The van der Waals surface area contributed by atoms with Crippen LogP contribution in [0.2, 0.25) is 5.02 Å². The SMILES string of the molecule is Nc1cccc(COc2c(F)cccc2Cl)c1Br. The number of nitrogen functional groups attached to an aromatic ring is 1. The van der Waals surface area contributed by atoms with Crippen molar-refractivity contribution < 1.29 is 9.13 Å². The van der Waals surface area contributed by atoms with E-state index < -0.39 is 5.82 Å². The van der Waals surface area contributed by atoms with Gasteiger partial charge in [-0.1, -0.05) is 29.8 Å². The summed E-state index contributed by atoms with van der Waals surface area (Å²) in [5, 5.41) is 0.245. The number of hydrogen-bond acceptors (Lipinski definition) is 2. The molecule has 0 aromatic heterocycles. The molecule has 2 nitrogen and oxygen atoms in total. The smallest absolute Gasteiger partial charge is 0.174 e. The van der Waals surface area contributed by atoms with Crippen molar-refractivity contribution >= 4 is 33.2 Å². The first-order valence-corrected chi connectivity index (χ1v) is 6.36. The van der Waals surface area contributed by atoms with Crippen LogP contribution in [-0.4, -0.2) is 0 Å². The standard InChI is InChI=1S/C13H10BrClFNO/c14-12-8(3-1-6-11(12)17)7-18-13-9(15)4-2-5-10(13)16/h1-6H,7,17H2. The molecule has 2 rings (SSSR count). The first-order chi connectivity index (χ1) is 8.59. The Balaban J connectivity index is 2.19. The van der Waals surface area contributed by atoms with Crippen molar-refractivity contribution in [3.05, 3.63) is 57.3 Å². The molecule has 0 radical (unpaired) electrons. The molecule has 0 unspecified atom stereocenters. The van der Waals surface area contributed by atoms with Gasteiger partial charge in [-0.15, -0.1) is 0 Å². The Morgan fingerprint density at radius 2 is 1.94 bits per heavy atom. The highest BCUT2D eigenvalue weighted by molar-refractivity contribution is 9.10. The van der Waals surface area contributed by atoms with Crippen LogP contribution in [0, 0.1) is 5.82 Å². The lowest BCUT2D eigenvalue weighted by Gasteiger charge is -2.11. The van der Waals surface area contributed by atoms with Crippen LogP contribution in [0.25, 0.3) is 0 Å². The molecule has 5 heteroatoms. The van der Waals surface area contributed by atoms with Gasteiger partial charge in [-0.3, -0.25) is 0 Å².